The molecule has 0 spiro atoms. The zero-order valence-electron chi connectivity index (χ0n) is 13.0. The minimum Gasteiger partial charge on any atom is -0.493 e. The number of carbonyl (C=O) groups is 2. The van der Waals surface area contributed by atoms with Gasteiger partial charge in [-0.3, -0.25) is 0 Å². The first kappa shape index (κ1) is 19.7. The number of hydroxylamine groups is 1. The smallest absolute Gasteiger partial charge is 0.414 e. The maximum Gasteiger partial charge on any atom is 0.414 e. The minimum atomic E-state index is -1.82. The molecule has 8 nitrogen and oxygen atoms in total. The predicted octanol–water partition coefficient (Wildman–Crippen LogP) is 0.941. The summed E-state index contributed by atoms with van der Waals surface area (Å²) in [4.78, 5) is 23.1. The Morgan fingerprint density at radius 1 is 1.09 bits per heavy atom. The second-order valence-electron chi connectivity index (χ2n) is 4.23. The molecule has 1 aromatic carbocycles. The second kappa shape index (κ2) is 10.4. The molecular weight excluding hydrogens is 294 g/mol. The first-order valence-corrected chi connectivity index (χ1v) is 6.31. The summed E-state index contributed by atoms with van der Waals surface area (Å²) >= 11 is 0. The largest absolute Gasteiger partial charge is 0.493 e. The number of methoxy groups -OCH3 is 2. The molecule has 22 heavy (non-hydrogen) atoms. The van der Waals surface area contributed by atoms with E-state index in [0.717, 1.165) is 17.9 Å². The highest BCUT2D eigenvalue weighted by molar-refractivity contribution is 6.27. The van der Waals surface area contributed by atoms with Crippen LogP contribution in [0.15, 0.2) is 18.2 Å². The van der Waals surface area contributed by atoms with Crippen molar-refractivity contribution in [3.05, 3.63) is 23.8 Å². The molecule has 1 atom stereocenters. The van der Waals surface area contributed by atoms with Crippen LogP contribution in [-0.4, -0.2) is 49.5 Å². The van der Waals surface area contributed by atoms with Gasteiger partial charge in [-0.15, -0.1) is 0 Å². The van der Waals surface area contributed by atoms with Gasteiger partial charge in [-0.25, -0.2) is 9.59 Å². The Morgan fingerprint density at radius 3 is 2.05 bits per heavy atom. The monoisotopic (exact) mass is 315 g/mol. The molecule has 0 aliphatic carbocycles. The number of ether oxygens (including phenoxy) is 2. The Bertz CT molecular complexity index is 478. The average molecular weight is 315 g/mol. The van der Waals surface area contributed by atoms with Gasteiger partial charge < -0.3 is 24.5 Å². The van der Waals surface area contributed by atoms with E-state index in [2.05, 4.69) is 12.4 Å². The molecule has 1 aromatic rings. The Morgan fingerprint density at radius 2 is 1.64 bits per heavy atom. The standard InChI is InChI=1S/C12H19NO3.C2H2O4/c1-9(13-16-4)7-10-5-6-11(14-2)12(8-10)15-3;3-1(4)2(5)6/h5-6,8-9,13H,7H2,1-4H3;(H,3,4)(H,5,6). The molecule has 0 heterocycles. The third-order valence-electron chi connectivity index (χ3n) is 2.49. The van der Waals surface area contributed by atoms with Crippen LogP contribution in [0.4, 0.5) is 0 Å². The molecule has 0 saturated heterocycles. The lowest BCUT2D eigenvalue weighted by molar-refractivity contribution is -0.159. The molecule has 0 bridgehead atoms. The van der Waals surface area contributed by atoms with E-state index in [1.165, 1.54) is 5.56 Å². The van der Waals surface area contributed by atoms with Gasteiger partial charge in [0.15, 0.2) is 11.5 Å². The molecule has 1 unspecified atom stereocenters. The summed E-state index contributed by atoms with van der Waals surface area (Å²) in [6.45, 7) is 2.06. The first-order valence-electron chi connectivity index (χ1n) is 6.31. The maximum absolute atomic E-state index is 9.10. The molecule has 0 aliphatic rings. The van der Waals surface area contributed by atoms with Gasteiger partial charge >= 0.3 is 11.9 Å². The maximum atomic E-state index is 9.10. The molecule has 0 saturated carbocycles. The molecule has 0 aromatic heterocycles. The minimum absolute atomic E-state index is 0.253. The van der Waals surface area contributed by atoms with E-state index in [1.54, 1.807) is 21.3 Å². The summed E-state index contributed by atoms with van der Waals surface area (Å²) in [5.41, 5.74) is 4.06. The van der Waals surface area contributed by atoms with Crippen molar-refractivity contribution >= 4 is 11.9 Å². The highest BCUT2D eigenvalue weighted by Crippen LogP contribution is 2.27. The number of rotatable bonds is 6. The summed E-state index contributed by atoms with van der Waals surface area (Å²) < 4.78 is 10.4. The third-order valence-corrected chi connectivity index (χ3v) is 2.49. The van der Waals surface area contributed by atoms with Crippen molar-refractivity contribution in [1.82, 2.24) is 5.48 Å². The quantitative estimate of drug-likeness (QED) is 0.525. The van der Waals surface area contributed by atoms with Crippen molar-refractivity contribution in [2.45, 2.75) is 19.4 Å². The number of nitrogens with one attached hydrogen (secondary N) is 1. The number of hydrogen-bond acceptors (Lipinski definition) is 6. The number of aliphatic carboxylic acids is 2. The molecular formula is C14H21NO7. The van der Waals surface area contributed by atoms with Gasteiger partial charge in [-0.2, -0.15) is 5.48 Å². The van der Waals surface area contributed by atoms with E-state index in [4.69, 9.17) is 34.1 Å². The average Bonchev–Trinajstić information content (AvgIpc) is 2.47. The number of benzene rings is 1. The van der Waals surface area contributed by atoms with Gasteiger partial charge in [0.2, 0.25) is 0 Å². The van der Waals surface area contributed by atoms with Crippen LogP contribution < -0.4 is 15.0 Å². The zero-order chi connectivity index (χ0) is 17.1. The van der Waals surface area contributed by atoms with Crippen LogP contribution in [0.1, 0.15) is 12.5 Å². The van der Waals surface area contributed by atoms with Crippen molar-refractivity contribution < 1.29 is 34.1 Å². The van der Waals surface area contributed by atoms with Gasteiger partial charge in [0.05, 0.1) is 21.3 Å². The van der Waals surface area contributed by atoms with E-state index in [0.29, 0.717) is 0 Å². The predicted molar refractivity (Wildman–Crippen MR) is 78.1 cm³/mol. The molecule has 1 rings (SSSR count). The Labute approximate surface area is 128 Å². The molecule has 124 valence electrons. The Balaban J connectivity index is 0.000000626. The molecule has 0 aliphatic heterocycles. The zero-order valence-corrected chi connectivity index (χ0v) is 13.0. The third kappa shape index (κ3) is 7.46. The van der Waals surface area contributed by atoms with Crippen molar-refractivity contribution in [2.75, 3.05) is 21.3 Å². The fourth-order valence-electron chi connectivity index (χ4n) is 1.60. The molecule has 3 N–H and O–H groups in total. The highest BCUT2D eigenvalue weighted by atomic mass is 16.6. The summed E-state index contributed by atoms with van der Waals surface area (Å²) in [7, 11) is 4.89. The van der Waals surface area contributed by atoms with Gasteiger partial charge in [-0.05, 0) is 31.0 Å². The summed E-state index contributed by atoms with van der Waals surface area (Å²) in [5, 5.41) is 14.8. The first-order chi connectivity index (χ1) is 10.3. The van der Waals surface area contributed by atoms with Crippen molar-refractivity contribution in [3.63, 3.8) is 0 Å². The normalized spacial score (nSPS) is 10.9. The Hall–Kier alpha value is -2.32. The second-order valence-corrected chi connectivity index (χ2v) is 4.23. The van der Waals surface area contributed by atoms with Crippen LogP contribution >= 0.6 is 0 Å². The molecule has 0 radical (unpaired) electrons. The molecule has 0 fully saturated rings. The Kier molecular flexibility index (Phi) is 9.31. The van der Waals surface area contributed by atoms with Crippen LogP contribution in [-0.2, 0) is 20.8 Å². The topological polar surface area (TPSA) is 114 Å². The highest BCUT2D eigenvalue weighted by Gasteiger charge is 2.07. The van der Waals surface area contributed by atoms with Crippen LogP contribution in [0, 0.1) is 0 Å². The van der Waals surface area contributed by atoms with E-state index >= 15 is 0 Å². The van der Waals surface area contributed by atoms with Crippen LogP contribution in [0.5, 0.6) is 11.5 Å². The van der Waals surface area contributed by atoms with Gasteiger partial charge in [0.25, 0.3) is 0 Å². The fourth-order valence-corrected chi connectivity index (χ4v) is 1.60. The number of hydrogen-bond donors (Lipinski definition) is 3. The van der Waals surface area contributed by atoms with Gasteiger partial charge in [-0.1, -0.05) is 6.07 Å². The molecule has 0 amide bonds. The van der Waals surface area contributed by atoms with E-state index in [1.807, 2.05) is 18.2 Å². The SMILES string of the molecule is CONC(C)Cc1ccc(OC)c(OC)c1.O=C(O)C(=O)O. The number of carboxylic acids is 2. The van der Waals surface area contributed by atoms with Crippen LogP contribution in [0.2, 0.25) is 0 Å². The summed E-state index contributed by atoms with van der Waals surface area (Å²) in [6, 6.07) is 6.17. The van der Waals surface area contributed by atoms with Crippen molar-refractivity contribution in [1.29, 1.82) is 0 Å². The lowest BCUT2D eigenvalue weighted by atomic mass is 10.1. The van der Waals surface area contributed by atoms with Crippen molar-refractivity contribution in [2.24, 2.45) is 0 Å². The van der Waals surface area contributed by atoms with E-state index in [-0.39, 0.29) is 6.04 Å². The van der Waals surface area contributed by atoms with Crippen LogP contribution in [0.3, 0.4) is 0 Å². The van der Waals surface area contributed by atoms with Crippen LogP contribution in [0.25, 0.3) is 0 Å². The lowest BCUT2D eigenvalue weighted by Gasteiger charge is -2.13. The fraction of sp³-hybridized carbons (Fsp3) is 0.429. The summed E-state index contributed by atoms with van der Waals surface area (Å²) in [6.07, 6.45) is 0.869. The van der Waals surface area contributed by atoms with Gasteiger partial charge in [0.1, 0.15) is 0 Å². The van der Waals surface area contributed by atoms with Gasteiger partial charge in [0, 0.05) is 6.04 Å². The lowest BCUT2D eigenvalue weighted by Crippen LogP contribution is -2.26. The van der Waals surface area contributed by atoms with Crippen molar-refractivity contribution in [3.8, 4) is 11.5 Å². The summed E-state index contributed by atoms with van der Waals surface area (Å²) in [5.74, 6) is -2.15. The van der Waals surface area contributed by atoms with E-state index < -0.39 is 11.9 Å². The van der Waals surface area contributed by atoms with E-state index in [9.17, 15) is 0 Å². The number of carboxylic acid groups (broad SMARTS) is 2. The molecule has 8 heteroatoms.